The van der Waals surface area contributed by atoms with Crippen molar-refractivity contribution < 1.29 is 9.26 Å². The highest BCUT2D eigenvalue weighted by Crippen LogP contribution is 2.14. The molecule has 0 aliphatic heterocycles. The van der Waals surface area contributed by atoms with Gasteiger partial charge in [-0.25, -0.2) is 4.98 Å². The maximum atomic E-state index is 5.78. The maximum absolute atomic E-state index is 5.78. The summed E-state index contributed by atoms with van der Waals surface area (Å²) < 4.78 is 9.99. The van der Waals surface area contributed by atoms with Crippen molar-refractivity contribution in [3.05, 3.63) is 27.8 Å². The van der Waals surface area contributed by atoms with Gasteiger partial charge in [0.05, 0.1) is 13.0 Å². The van der Waals surface area contributed by atoms with Crippen molar-refractivity contribution in [1.29, 1.82) is 0 Å². The quantitative estimate of drug-likeness (QED) is 0.858. The molecule has 0 saturated carbocycles. The fourth-order valence-electron chi connectivity index (χ4n) is 1.36. The van der Waals surface area contributed by atoms with E-state index in [-0.39, 0.29) is 6.04 Å². The highest BCUT2D eigenvalue weighted by molar-refractivity contribution is 7.09. The van der Waals surface area contributed by atoms with Gasteiger partial charge in [-0.05, 0) is 6.92 Å². The number of thiazole rings is 1. The number of aryl methyl sites for hydroxylation is 1. The van der Waals surface area contributed by atoms with E-state index < -0.39 is 0 Å². The predicted octanol–water partition coefficient (Wildman–Crippen LogP) is 1.07. The Bertz CT molecular complexity index is 482. The molecular weight excluding hydrogens is 240 g/mol. The lowest BCUT2D eigenvalue weighted by molar-refractivity contribution is 0.166. The van der Waals surface area contributed by atoms with Crippen molar-refractivity contribution in [1.82, 2.24) is 15.1 Å². The van der Waals surface area contributed by atoms with Crippen LogP contribution in [0.15, 0.2) is 9.90 Å². The molecule has 7 heteroatoms. The molecule has 0 aliphatic rings. The molecule has 92 valence electrons. The first-order chi connectivity index (χ1) is 8.19. The van der Waals surface area contributed by atoms with Crippen LogP contribution < -0.4 is 5.73 Å². The number of hydrogen-bond acceptors (Lipinski definition) is 7. The van der Waals surface area contributed by atoms with Crippen molar-refractivity contribution >= 4 is 11.3 Å². The normalized spacial score (nSPS) is 12.9. The van der Waals surface area contributed by atoms with Gasteiger partial charge in [0.1, 0.15) is 11.0 Å². The third-order valence-corrected chi connectivity index (χ3v) is 3.09. The molecule has 0 aliphatic carbocycles. The van der Waals surface area contributed by atoms with Crippen molar-refractivity contribution in [2.45, 2.75) is 19.4 Å². The maximum Gasteiger partial charge on any atom is 0.245 e. The van der Waals surface area contributed by atoms with Gasteiger partial charge in [0.25, 0.3) is 0 Å². The Hall–Kier alpha value is -1.31. The average molecular weight is 254 g/mol. The molecule has 17 heavy (non-hydrogen) atoms. The molecule has 1 atom stereocenters. The minimum absolute atomic E-state index is 0.359. The number of nitrogens with two attached hydrogens (primary N) is 1. The Morgan fingerprint density at radius 3 is 3.00 bits per heavy atom. The van der Waals surface area contributed by atoms with Crippen molar-refractivity contribution in [3.8, 4) is 0 Å². The first kappa shape index (κ1) is 12.2. The molecule has 0 aromatic carbocycles. The van der Waals surface area contributed by atoms with Crippen LogP contribution in [0.2, 0.25) is 0 Å². The molecular formula is C10H14N4O2S. The summed E-state index contributed by atoms with van der Waals surface area (Å²) in [6, 6.07) is -0.376. The van der Waals surface area contributed by atoms with Crippen molar-refractivity contribution in [2.24, 2.45) is 5.73 Å². The van der Waals surface area contributed by atoms with E-state index in [0.717, 1.165) is 10.7 Å². The van der Waals surface area contributed by atoms with Gasteiger partial charge in [0.2, 0.25) is 5.89 Å². The van der Waals surface area contributed by atoms with E-state index >= 15 is 0 Å². The molecule has 6 nitrogen and oxygen atoms in total. The molecule has 0 bridgehead atoms. The average Bonchev–Trinajstić information content (AvgIpc) is 2.89. The van der Waals surface area contributed by atoms with Crippen molar-refractivity contribution in [2.75, 3.05) is 13.7 Å². The first-order valence-corrected chi connectivity index (χ1v) is 6.05. The molecule has 2 N–H and O–H groups in total. The summed E-state index contributed by atoms with van der Waals surface area (Å²) in [5, 5.41) is 6.83. The van der Waals surface area contributed by atoms with Crippen LogP contribution in [0.4, 0.5) is 0 Å². The second-order valence-electron chi connectivity index (χ2n) is 3.67. The van der Waals surface area contributed by atoms with E-state index in [4.69, 9.17) is 15.0 Å². The Labute approximate surface area is 103 Å². The molecule has 2 rings (SSSR count). The topological polar surface area (TPSA) is 87.1 Å². The zero-order valence-electron chi connectivity index (χ0n) is 9.71. The van der Waals surface area contributed by atoms with Gasteiger partial charge in [-0.3, -0.25) is 0 Å². The van der Waals surface area contributed by atoms with E-state index in [1.807, 2.05) is 12.3 Å². The SMILES string of the molecule is COCC(N)c1nc(Cc2nc(C)cs2)no1. The van der Waals surface area contributed by atoms with E-state index in [9.17, 15) is 0 Å². The largest absolute Gasteiger partial charge is 0.383 e. The molecule has 0 spiro atoms. The summed E-state index contributed by atoms with van der Waals surface area (Å²) in [5.41, 5.74) is 6.79. The lowest BCUT2D eigenvalue weighted by Gasteiger charge is -2.02. The molecule has 2 aromatic rings. The standard InChI is InChI=1S/C10H14N4O2S/c1-6-5-17-9(12-6)3-8-13-10(16-14-8)7(11)4-15-2/h5,7H,3-4,11H2,1-2H3. The van der Waals surface area contributed by atoms with Gasteiger partial charge in [-0.1, -0.05) is 5.16 Å². The van der Waals surface area contributed by atoms with Crippen LogP contribution in [-0.4, -0.2) is 28.8 Å². The van der Waals surface area contributed by atoms with Crippen molar-refractivity contribution in [3.63, 3.8) is 0 Å². The second-order valence-corrected chi connectivity index (χ2v) is 4.61. The number of rotatable bonds is 5. The lowest BCUT2D eigenvalue weighted by atomic mass is 10.3. The fourth-order valence-corrected chi connectivity index (χ4v) is 2.13. The number of nitrogens with zero attached hydrogens (tertiary/aromatic N) is 3. The van der Waals surface area contributed by atoms with Gasteiger partial charge in [-0.2, -0.15) is 4.98 Å². The van der Waals surface area contributed by atoms with E-state index in [1.165, 1.54) is 0 Å². The zero-order valence-corrected chi connectivity index (χ0v) is 10.5. The van der Waals surface area contributed by atoms with Crippen LogP contribution >= 0.6 is 11.3 Å². The van der Waals surface area contributed by atoms with Gasteiger partial charge in [0, 0.05) is 18.2 Å². The van der Waals surface area contributed by atoms with Gasteiger partial charge < -0.3 is 15.0 Å². The number of aromatic nitrogens is 3. The summed E-state index contributed by atoms with van der Waals surface area (Å²) >= 11 is 1.58. The van der Waals surface area contributed by atoms with Crippen LogP contribution in [0, 0.1) is 6.92 Å². The van der Waals surface area contributed by atoms with E-state index in [0.29, 0.717) is 24.7 Å². The number of hydrogen-bond donors (Lipinski definition) is 1. The zero-order chi connectivity index (χ0) is 12.3. The van der Waals surface area contributed by atoms with Crippen LogP contribution in [0.5, 0.6) is 0 Å². The van der Waals surface area contributed by atoms with Crippen LogP contribution in [0.3, 0.4) is 0 Å². The monoisotopic (exact) mass is 254 g/mol. The van der Waals surface area contributed by atoms with Gasteiger partial charge >= 0.3 is 0 Å². The minimum Gasteiger partial charge on any atom is -0.383 e. The van der Waals surface area contributed by atoms with E-state index in [2.05, 4.69) is 15.1 Å². The van der Waals surface area contributed by atoms with E-state index in [1.54, 1.807) is 18.4 Å². The summed E-state index contributed by atoms with van der Waals surface area (Å²) in [7, 11) is 1.58. The highest BCUT2D eigenvalue weighted by Gasteiger charge is 2.15. The third kappa shape index (κ3) is 3.09. The molecule has 0 radical (unpaired) electrons. The second kappa shape index (κ2) is 5.35. The summed E-state index contributed by atoms with van der Waals surface area (Å²) in [6.07, 6.45) is 0.571. The number of methoxy groups -OCH3 is 1. The Morgan fingerprint density at radius 1 is 1.53 bits per heavy atom. The minimum atomic E-state index is -0.376. The van der Waals surface area contributed by atoms with Crippen LogP contribution in [-0.2, 0) is 11.2 Å². The molecule has 0 amide bonds. The third-order valence-electron chi connectivity index (χ3n) is 2.12. The van der Waals surface area contributed by atoms with Crippen LogP contribution in [0.1, 0.15) is 28.5 Å². The van der Waals surface area contributed by atoms with Gasteiger partial charge in [0.15, 0.2) is 5.82 Å². The highest BCUT2D eigenvalue weighted by atomic mass is 32.1. The molecule has 0 fully saturated rings. The Morgan fingerprint density at radius 2 is 2.35 bits per heavy atom. The summed E-state index contributed by atoms with van der Waals surface area (Å²) in [4.78, 5) is 8.55. The summed E-state index contributed by atoms with van der Waals surface area (Å²) in [6.45, 7) is 2.31. The number of ether oxygens (including phenoxy) is 1. The van der Waals surface area contributed by atoms with Gasteiger partial charge in [-0.15, -0.1) is 11.3 Å². The molecule has 0 saturated heterocycles. The summed E-state index contributed by atoms with van der Waals surface area (Å²) in [5.74, 6) is 0.996. The molecule has 2 heterocycles. The Balaban J connectivity index is 2.03. The molecule has 2 aromatic heterocycles. The Kier molecular flexibility index (Phi) is 3.82. The predicted molar refractivity (Wildman–Crippen MR) is 62.8 cm³/mol. The lowest BCUT2D eigenvalue weighted by Crippen LogP contribution is -2.16. The smallest absolute Gasteiger partial charge is 0.245 e. The first-order valence-electron chi connectivity index (χ1n) is 5.17. The van der Waals surface area contributed by atoms with Crippen LogP contribution in [0.25, 0.3) is 0 Å². The fraction of sp³-hybridized carbons (Fsp3) is 0.500. The molecule has 1 unspecified atom stereocenters.